The van der Waals surface area contributed by atoms with Crippen molar-refractivity contribution >= 4 is 38.4 Å². The van der Waals surface area contributed by atoms with E-state index >= 15 is 0 Å². The van der Waals surface area contributed by atoms with Gasteiger partial charge >= 0.3 is 0 Å². The van der Waals surface area contributed by atoms with Crippen LogP contribution >= 0.6 is 11.3 Å². The van der Waals surface area contributed by atoms with Crippen LogP contribution in [0.3, 0.4) is 0 Å². The van der Waals surface area contributed by atoms with Gasteiger partial charge in [-0.3, -0.25) is 14.9 Å². The molecule has 0 radical (unpaired) electrons. The van der Waals surface area contributed by atoms with E-state index in [4.69, 9.17) is 4.74 Å². The molecule has 1 amide bonds. The van der Waals surface area contributed by atoms with Crippen molar-refractivity contribution in [2.45, 2.75) is 39.5 Å². The molecule has 3 aromatic rings. The van der Waals surface area contributed by atoms with Crippen LogP contribution in [-0.4, -0.2) is 23.8 Å². The second-order valence-corrected chi connectivity index (χ2v) is 10.7. The lowest BCUT2D eigenvalue weighted by Gasteiger charge is -2.39. The highest BCUT2D eigenvalue weighted by Gasteiger charge is 2.42. The van der Waals surface area contributed by atoms with Crippen molar-refractivity contribution in [3.63, 3.8) is 0 Å². The van der Waals surface area contributed by atoms with Gasteiger partial charge in [-0.15, -0.1) is 0 Å². The first-order chi connectivity index (χ1) is 16.3. The number of aromatic nitrogens is 1. The number of allylic oxidation sites excluding steroid dienone is 3. The van der Waals surface area contributed by atoms with Gasteiger partial charge in [-0.2, -0.15) is 0 Å². The maximum absolute atomic E-state index is 13.7. The Morgan fingerprint density at radius 1 is 1.15 bits per heavy atom. The lowest BCUT2D eigenvalue weighted by Crippen LogP contribution is -2.39. The van der Waals surface area contributed by atoms with Crippen molar-refractivity contribution in [3.8, 4) is 5.75 Å². The lowest BCUT2D eigenvalue weighted by atomic mass is 9.68. The predicted molar refractivity (Wildman–Crippen MR) is 135 cm³/mol. The zero-order valence-corrected chi connectivity index (χ0v) is 20.5. The summed E-state index contributed by atoms with van der Waals surface area (Å²) in [5.41, 5.74) is 4.49. The Balaban J connectivity index is 1.57. The monoisotopic (exact) mass is 473 g/mol. The number of carbonyl (C=O) groups excluding carboxylic acids is 2. The van der Waals surface area contributed by atoms with Crippen molar-refractivity contribution in [2.24, 2.45) is 5.41 Å². The summed E-state index contributed by atoms with van der Waals surface area (Å²) >= 11 is 1.43. The Morgan fingerprint density at radius 2 is 1.88 bits per heavy atom. The number of para-hydroxylation sites is 1. The highest BCUT2D eigenvalue weighted by atomic mass is 32.1. The van der Waals surface area contributed by atoms with Gasteiger partial charge in [0, 0.05) is 34.9 Å². The van der Waals surface area contributed by atoms with Gasteiger partial charge in [0.2, 0.25) is 0 Å². The molecule has 0 bridgehead atoms. The SMILES string of the molecule is COc1ccc(C2C(C(=O)Nc3nc4ccccc4s3)=C(C)NC3=C2C(=O)CC(C)(C)C3)cc1. The van der Waals surface area contributed by atoms with E-state index in [9.17, 15) is 9.59 Å². The van der Waals surface area contributed by atoms with Gasteiger partial charge in [0.25, 0.3) is 5.91 Å². The van der Waals surface area contributed by atoms with E-state index < -0.39 is 5.92 Å². The maximum atomic E-state index is 13.7. The van der Waals surface area contributed by atoms with Crippen LogP contribution in [0.15, 0.2) is 71.1 Å². The Labute approximate surface area is 202 Å². The molecule has 174 valence electrons. The summed E-state index contributed by atoms with van der Waals surface area (Å²) in [6.07, 6.45) is 1.21. The van der Waals surface area contributed by atoms with E-state index in [1.807, 2.05) is 55.5 Å². The van der Waals surface area contributed by atoms with Crippen molar-refractivity contribution in [1.29, 1.82) is 0 Å². The summed E-state index contributed by atoms with van der Waals surface area (Å²) in [4.78, 5) is 31.6. The molecule has 2 heterocycles. The fourth-order valence-electron chi connectivity index (χ4n) is 4.96. The molecule has 1 aromatic heterocycles. The molecule has 2 aliphatic rings. The van der Waals surface area contributed by atoms with Gasteiger partial charge in [-0.05, 0) is 48.6 Å². The first kappa shape index (κ1) is 22.3. The van der Waals surface area contributed by atoms with Crippen molar-refractivity contribution < 1.29 is 14.3 Å². The summed E-state index contributed by atoms with van der Waals surface area (Å²) in [6.45, 7) is 6.11. The average molecular weight is 474 g/mol. The molecule has 0 saturated carbocycles. The topological polar surface area (TPSA) is 80.3 Å². The molecule has 1 aliphatic carbocycles. The van der Waals surface area contributed by atoms with E-state index in [0.29, 0.717) is 22.7 Å². The second kappa shape index (κ2) is 8.40. The molecule has 7 heteroatoms. The maximum Gasteiger partial charge on any atom is 0.256 e. The molecule has 2 aromatic carbocycles. The third-order valence-corrected chi connectivity index (χ3v) is 7.40. The second-order valence-electron chi connectivity index (χ2n) is 9.64. The number of ketones is 1. The molecule has 1 atom stereocenters. The van der Waals surface area contributed by atoms with E-state index in [0.717, 1.165) is 39.3 Å². The number of ether oxygens (including phenoxy) is 1. The van der Waals surface area contributed by atoms with Crippen LogP contribution in [0.5, 0.6) is 5.75 Å². The number of hydrogen-bond donors (Lipinski definition) is 2. The van der Waals surface area contributed by atoms with Gasteiger partial charge < -0.3 is 10.1 Å². The molecule has 0 saturated heterocycles. The molecule has 34 heavy (non-hydrogen) atoms. The summed E-state index contributed by atoms with van der Waals surface area (Å²) in [6, 6.07) is 15.4. The molecule has 6 nitrogen and oxygen atoms in total. The van der Waals surface area contributed by atoms with Gasteiger partial charge in [0.15, 0.2) is 10.9 Å². The number of thiazole rings is 1. The van der Waals surface area contributed by atoms with Crippen molar-refractivity contribution in [3.05, 3.63) is 76.6 Å². The fraction of sp³-hybridized carbons (Fsp3) is 0.296. The van der Waals surface area contributed by atoms with E-state index in [-0.39, 0.29) is 17.1 Å². The number of anilines is 1. The first-order valence-corrected chi connectivity index (χ1v) is 12.1. The van der Waals surface area contributed by atoms with Gasteiger partial charge in [-0.1, -0.05) is 49.4 Å². The van der Waals surface area contributed by atoms with Crippen LogP contribution in [0.4, 0.5) is 5.13 Å². The summed E-state index contributed by atoms with van der Waals surface area (Å²) in [7, 11) is 1.62. The lowest BCUT2D eigenvalue weighted by molar-refractivity contribution is -0.118. The van der Waals surface area contributed by atoms with Gasteiger partial charge in [-0.25, -0.2) is 4.98 Å². The fourth-order valence-corrected chi connectivity index (χ4v) is 5.82. The van der Waals surface area contributed by atoms with Gasteiger partial charge in [0.05, 0.1) is 17.3 Å². The third kappa shape index (κ3) is 4.01. The first-order valence-electron chi connectivity index (χ1n) is 11.3. The predicted octanol–water partition coefficient (Wildman–Crippen LogP) is 5.55. The average Bonchev–Trinajstić information content (AvgIpc) is 3.19. The number of nitrogens with zero attached hydrogens (tertiary/aromatic N) is 1. The van der Waals surface area contributed by atoms with Crippen LogP contribution < -0.4 is 15.4 Å². The number of Topliss-reactive ketones (excluding diaryl/α,β-unsaturated/α-hetero) is 1. The highest BCUT2D eigenvalue weighted by Crippen LogP contribution is 2.47. The van der Waals surface area contributed by atoms with Crippen LogP contribution in [-0.2, 0) is 9.59 Å². The molecule has 0 fully saturated rings. The molecule has 0 spiro atoms. The number of carbonyl (C=O) groups is 2. The number of methoxy groups -OCH3 is 1. The quantitative estimate of drug-likeness (QED) is 0.519. The number of benzene rings is 2. The molecule has 1 unspecified atom stereocenters. The third-order valence-electron chi connectivity index (χ3n) is 6.45. The van der Waals surface area contributed by atoms with Crippen LogP contribution in [0, 0.1) is 5.41 Å². The van der Waals surface area contributed by atoms with E-state index in [2.05, 4.69) is 29.5 Å². The Bertz CT molecular complexity index is 1330. The Kier molecular flexibility index (Phi) is 5.52. The molecule has 2 N–H and O–H groups in total. The van der Waals surface area contributed by atoms with Crippen molar-refractivity contribution in [1.82, 2.24) is 10.3 Å². The standard InChI is InChI=1S/C27H27N3O3S/c1-15-22(25(32)30-26-29-18-7-5-6-8-21(18)34-26)23(16-9-11-17(33-4)12-10-16)24-19(28-15)13-27(2,3)14-20(24)31/h5-12,23,28H,13-14H2,1-4H3,(H,29,30,32). The number of nitrogens with one attached hydrogen (secondary N) is 2. The number of rotatable bonds is 4. The minimum atomic E-state index is -0.458. The molecule has 1 aliphatic heterocycles. The summed E-state index contributed by atoms with van der Waals surface area (Å²) < 4.78 is 6.33. The Hall–Kier alpha value is -3.45. The zero-order chi connectivity index (χ0) is 24.0. The summed E-state index contributed by atoms with van der Waals surface area (Å²) in [5.74, 6) is 0.0933. The highest BCUT2D eigenvalue weighted by molar-refractivity contribution is 7.22. The van der Waals surface area contributed by atoms with Crippen molar-refractivity contribution in [2.75, 3.05) is 12.4 Å². The van der Waals surface area contributed by atoms with Crippen LogP contribution in [0.2, 0.25) is 0 Å². The van der Waals surface area contributed by atoms with Crippen LogP contribution in [0.25, 0.3) is 10.2 Å². The number of dihydropyridines is 1. The number of hydrogen-bond acceptors (Lipinski definition) is 6. The van der Waals surface area contributed by atoms with Crippen LogP contribution in [0.1, 0.15) is 45.1 Å². The zero-order valence-electron chi connectivity index (χ0n) is 19.7. The van der Waals surface area contributed by atoms with E-state index in [1.165, 1.54) is 11.3 Å². The normalized spacial score (nSPS) is 19.6. The largest absolute Gasteiger partial charge is 0.497 e. The minimum Gasteiger partial charge on any atom is -0.497 e. The Morgan fingerprint density at radius 3 is 2.59 bits per heavy atom. The van der Waals surface area contributed by atoms with E-state index in [1.54, 1.807) is 7.11 Å². The minimum absolute atomic E-state index is 0.0809. The number of amides is 1. The smallest absolute Gasteiger partial charge is 0.256 e. The molecular weight excluding hydrogens is 446 g/mol. The number of fused-ring (bicyclic) bond motifs is 1. The summed E-state index contributed by atoms with van der Waals surface area (Å²) in [5, 5.41) is 6.94. The molecular formula is C27H27N3O3S. The molecule has 5 rings (SSSR count). The van der Waals surface area contributed by atoms with Gasteiger partial charge in [0.1, 0.15) is 5.75 Å².